The van der Waals surface area contributed by atoms with Gasteiger partial charge >= 0.3 is 43.3 Å². The molecule has 0 aromatic carbocycles. The van der Waals surface area contributed by atoms with Crippen LogP contribution < -0.4 is 0 Å². The van der Waals surface area contributed by atoms with Gasteiger partial charge in [-0.15, -0.1) is 0 Å². The van der Waals surface area contributed by atoms with Crippen LogP contribution in [0, 0.1) is 0 Å². The van der Waals surface area contributed by atoms with Crippen LogP contribution in [0.4, 0.5) is 0 Å². The molecule has 14 heteroatoms. The average Bonchev–Trinajstić information content (AvgIpc) is 2.39. The molecule has 0 fully saturated rings. The molecule has 0 heterocycles. The van der Waals surface area contributed by atoms with Gasteiger partial charge in [0.05, 0.1) is 0 Å². The summed E-state index contributed by atoms with van der Waals surface area (Å²) in [6.07, 6.45) is 0. The van der Waals surface area contributed by atoms with E-state index in [-0.39, 0.29) is 0 Å². The zero-order chi connectivity index (χ0) is 24.8. The molecule has 188 valence electrons. The van der Waals surface area contributed by atoms with Gasteiger partial charge in [0.15, 0.2) is 8.32 Å². The fourth-order valence-electron chi connectivity index (χ4n) is 3.64. The third-order valence-corrected chi connectivity index (χ3v) is 24.5. The second-order valence-corrected chi connectivity index (χ2v) is 31.4. The highest BCUT2D eigenvalue weighted by Crippen LogP contribution is 2.28. The van der Waals surface area contributed by atoms with Crippen molar-refractivity contribution in [2.45, 2.75) is 92.8 Å². The fourth-order valence-corrected chi connectivity index (χ4v) is 30.3. The van der Waals surface area contributed by atoms with Gasteiger partial charge in [-0.3, -0.25) is 0 Å². The monoisotopic (exact) mass is 548 g/mol. The minimum atomic E-state index is -3.28. The molecule has 0 aliphatic carbocycles. The molecule has 0 radical (unpaired) electrons. The maximum Gasteiger partial charge on any atom is 0.670 e. The largest absolute Gasteiger partial charge is 0.670 e. The van der Waals surface area contributed by atoms with E-state index in [0.29, 0.717) is 19.8 Å². The minimum absolute atomic E-state index is 0.443. The summed E-state index contributed by atoms with van der Waals surface area (Å²) in [5.41, 5.74) is 0. The van der Waals surface area contributed by atoms with Crippen LogP contribution >= 0.6 is 0 Å². The molecule has 0 saturated carbocycles. The molecular weight excluding hydrogens is 501 g/mol. The molecule has 0 aliphatic heterocycles. The highest BCUT2D eigenvalue weighted by Gasteiger charge is 2.53. The molecule has 0 aliphatic rings. The lowest BCUT2D eigenvalue weighted by molar-refractivity contribution is 0.00149. The van der Waals surface area contributed by atoms with Crippen LogP contribution in [-0.2, 0) is 33.9 Å². The van der Waals surface area contributed by atoms with Crippen molar-refractivity contribution in [2.24, 2.45) is 0 Å². The number of hydrogen-bond donors (Lipinski definition) is 0. The van der Waals surface area contributed by atoms with Gasteiger partial charge in [0.1, 0.15) is 0 Å². The van der Waals surface area contributed by atoms with Gasteiger partial charge in [-0.25, -0.2) is 0 Å². The summed E-state index contributed by atoms with van der Waals surface area (Å²) in [4.78, 5) is 0. The Bertz CT molecular complexity index is 522. The van der Waals surface area contributed by atoms with Gasteiger partial charge in [-0.05, 0) is 92.8 Å². The van der Waals surface area contributed by atoms with Crippen molar-refractivity contribution in [3.8, 4) is 0 Å². The molecule has 0 saturated heterocycles. The van der Waals surface area contributed by atoms with Crippen molar-refractivity contribution < 1.29 is 33.9 Å². The zero-order valence-electron chi connectivity index (χ0n) is 22.4. The third-order valence-electron chi connectivity index (χ3n) is 3.36. The van der Waals surface area contributed by atoms with E-state index in [9.17, 15) is 0 Å². The van der Waals surface area contributed by atoms with Gasteiger partial charge < -0.3 is 33.9 Å². The Kier molecular flexibility index (Phi) is 12.5. The van der Waals surface area contributed by atoms with Gasteiger partial charge in [-0.1, -0.05) is 0 Å². The van der Waals surface area contributed by atoms with E-state index in [2.05, 4.69) is 45.8 Å². The lowest BCUT2D eigenvalue weighted by atomic mass is 10.9. The lowest BCUT2D eigenvalue weighted by Crippen LogP contribution is -2.62. The average molecular weight is 549 g/mol. The molecule has 0 atom stereocenters. The highest BCUT2D eigenvalue weighted by molar-refractivity contribution is 6.90. The van der Waals surface area contributed by atoms with Crippen LogP contribution in [0.25, 0.3) is 0 Å². The van der Waals surface area contributed by atoms with Gasteiger partial charge in [0.25, 0.3) is 0 Å². The van der Waals surface area contributed by atoms with Crippen molar-refractivity contribution >= 4 is 51.6 Å². The second kappa shape index (κ2) is 12.1. The lowest BCUT2D eigenvalue weighted by Gasteiger charge is -2.42. The first kappa shape index (κ1) is 32.0. The summed E-state index contributed by atoms with van der Waals surface area (Å²) in [5, 5.41) is 0. The van der Waals surface area contributed by atoms with E-state index < -0.39 is 51.6 Å². The summed E-state index contributed by atoms with van der Waals surface area (Å²) in [5.74, 6) is 0. The standard InChI is InChI=1S/C17H48O8Si6/c1-15-18-31(19-16-2,20-17-3)25-30(13,14)24-29(11,12)23-28(9,10)22-27(7,8)21-26(4,5)6/h15-17H2,1-14H3. The normalized spacial score (nSPS) is 14.9. The number of hydrogen-bond acceptors (Lipinski definition) is 8. The van der Waals surface area contributed by atoms with E-state index >= 15 is 0 Å². The Balaban J connectivity index is 5.37. The van der Waals surface area contributed by atoms with Crippen LogP contribution in [0.3, 0.4) is 0 Å². The molecule has 0 aromatic heterocycles. The molecule has 0 aromatic rings. The molecular formula is C17H48O8Si6. The smallest absolute Gasteiger partial charge is 0.437 e. The first-order valence-electron chi connectivity index (χ1n) is 11.1. The molecule has 0 spiro atoms. The SMILES string of the molecule is CCO[Si](OCC)(OCC)O[Si](C)(C)O[Si](C)(C)O[Si](C)(C)O[Si](C)(C)O[Si](C)(C)C. The highest BCUT2D eigenvalue weighted by atomic mass is 28.5. The molecule has 0 bridgehead atoms. The Morgan fingerprint density at radius 1 is 0.387 bits per heavy atom. The Hall–Kier alpha value is 0.981. The van der Waals surface area contributed by atoms with Crippen LogP contribution in [0.1, 0.15) is 20.8 Å². The van der Waals surface area contributed by atoms with Gasteiger partial charge in [0.2, 0.25) is 0 Å². The predicted octanol–water partition coefficient (Wildman–Crippen LogP) is 5.26. The zero-order valence-corrected chi connectivity index (χ0v) is 28.4. The van der Waals surface area contributed by atoms with Gasteiger partial charge in [0, 0.05) is 19.8 Å². The van der Waals surface area contributed by atoms with E-state index in [1.807, 2.05) is 47.0 Å². The third kappa shape index (κ3) is 14.1. The van der Waals surface area contributed by atoms with Crippen LogP contribution in [0.15, 0.2) is 0 Å². The van der Waals surface area contributed by atoms with E-state index in [1.165, 1.54) is 0 Å². The van der Waals surface area contributed by atoms with E-state index in [4.69, 9.17) is 33.9 Å². The molecule has 31 heavy (non-hydrogen) atoms. The van der Waals surface area contributed by atoms with Crippen LogP contribution in [0.5, 0.6) is 0 Å². The molecule has 8 nitrogen and oxygen atoms in total. The fraction of sp³-hybridized carbons (Fsp3) is 1.00. The van der Waals surface area contributed by atoms with Gasteiger partial charge in [-0.2, -0.15) is 0 Å². The van der Waals surface area contributed by atoms with Crippen molar-refractivity contribution in [3.05, 3.63) is 0 Å². The first-order chi connectivity index (χ1) is 13.7. The number of rotatable bonds is 16. The van der Waals surface area contributed by atoms with E-state index in [0.717, 1.165) is 0 Å². The van der Waals surface area contributed by atoms with Crippen molar-refractivity contribution in [1.29, 1.82) is 0 Å². The summed E-state index contributed by atoms with van der Waals surface area (Å²) in [6.45, 7) is 29.9. The van der Waals surface area contributed by atoms with Crippen molar-refractivity contribution in [3.63, 3.8) is 0 Å². The van der Waals surface area contributed by atoms with Crippen LogP contribution in [-0.4, -0.2) is 71.4 Å². The Morgan fingerprint density at radius 3 is 0.903 bits per heavy atom. The molecule has 0 rings (SSSR count). The van der Waals surface area contributed by atoms with Crippen LogP contribution in [0.2, 0.25) is 72.0 Å². The quantitative estimate of drug-likeness (QED) is 0.242. The van der Waals surface area contributed by atoms with E-state index in [1.54, 1.807) is 0 Å². The first-order valence-corrected chi connectivity index (χ1v) is 27.4. The topological polar surface area (TPSA) is 73.8 Å². The van der Waals surface area contributed by atoms with Crippen molar-refractivity contribution in [1.82, 2.24) is 0 Å². The molecule has 0 N–H and O–H groups in total. The van der Waals surface area contributed by atoms with Crippen molar-refractivity contribution in [2.75, 3.05) is 19.8 Å². The summed E-state index contributed by atoms with van der Waals surface area (Å²) < 4.78 is 49.9. The maximum absolute atomic E-state index is 6.56. The minimum Gasteiger partial charge on any atom is -0.437 e. The maximum atomic E-state index is 6.56. The molecule has 0 unspecified atom stereocenters. The summed E-state index contributed by atoms with van der Waals surface area (Å²) >= 11 is 0. The molecule has 0 amide bonds. The summed E-state index contributed by atoms with van der Waals surface area (Å²) in [7, 11) is -15.1. The predicted molar refractivity (Wildman–Crippen MR) is 139 cm³/mol. The Morgan fingerprint density at radius 2 is 0.645 bits per heavy atom. The second-order valence-electron chi connectivity index (χ2n) is 10.0. The summed E-state index contributed by atoms with van der Waals surface area (Å²) in [6, 6.07) is 0. The Labute approximate surface area is 197 Å².